The van der Waals surface area contributed by atoms with Gasteiger partial charge in [0, 0.05) is 17.6 Å². The molecule has 24 heavy (non-hydrogen) atoms. The molecule has 1 fully saturated rings. The summed E-state index contributed by atoms with van der Waals surface area (Å²) in [5, 5.41) is 0. The summed E-state index contributed by atoms with van der Waals surface area (Å²) < 4.78 is 0. The topological polar surface area (TPSA) is 20.3 Å². The number of carbonyl (C=O) groups excluding carboxylic acids is 1. The van der Waals surface area contributed by atoms with E-state index in [1.54, 1.807) is 0 Å². The van der Waals surface area contributed by atoms with E-state index in [1.807, 2.05) is 47.4 Å². The molecule has 0 N–H and O–H groups in total. The number of benzene rings is 2. The lowest BCUT2D eigenvalue weighted by Gasteiger charge is -2.35. The molecule has 1 aliphatic carbocycles. The summed E-state index contributed by atoms with van der Waals surface area (Å²) in [5.74, 6) is 0.118. The molecule has 0 saturated carbocycles. The SMILES string of the molecule is C[C@]12Cc3ccccc3[C@]1(CC(Cl)Cl)C(=O)N(c1ccccc1)C2. The lowest BCUT2D eigenvalue weighted by molar-refractivity contribution is -0.123. The van der Waals surface area contributed by atoms with Crippen LogP contribution in [0.1, 0.15) is 24.5 Å². The third-order valence-electron chi connectivity index (χ3n) is 5.73. The van der Waals surface area contributed by atoms with Crippen LogP contribution in [-0.4, -0.2) is 17.3 Å². The van der Waals surface area contributed by atoms with E-state index in [0.717, 1.165) is 17.7 Å². The Morgan fingerprint density at radius 2 is 1.75 bits per heavy atom. The number of fused-ring (bicyclic) bond motifs is 3. The van der Waals surface area contributed by atoms with E-state index in [-0.39, 0.29) is 11.3 Å². The van der Waals surface area contributed by atoms with Crippen molar-refractivity contribution in [3.63, 3.8) is 0 Å². The van der Waals surface area contributed by atoms with Gasteiger partial charge in [0.2, 0.25) is 5.91 Å². The number of hydrogen-bond acceptors (Lipinski definition) is 1. The lowest BCUT2D eigenvalue weighted by Crippen LogP contribution is -2.44. The molecule has 2 nitrogen and oxygen atoms in total. The molecule has 2 atom stereocenters. The van der Waals surface area contributed by atoms with Crippen molar-refractivity contribution in [2.24, 2.45) is 5.41 Å². The van der Waals surface area contributed by atoms with Crippen LogP contribution in [0.3, 0.4) is 0 Å². The van der Waals surface area contributed by atoms with Crippen molar-refractivity contribution in [2.45, 2.75) is 30.0 Å². The molecule has 4 rings (SSSR count). The van der Waals surface area contributed by atoms with Crippen LogP contribution in [0.15, 0.2) is 54.6 Å². The Balaban J connectivity index is 1.88. The number of nitrogens with zero attached hydrogens (tertiary/aromatic N) is 1. The molecular weight excluding hydrogens is 341 g/mol. The van der Waals surface area contributed by atoms with E-state index in [9.17, 15) is 4.79 Å². The van der Waals surface area contributed by atoms with Crippen LogP contribution in [0.2, 0.25) is 0 Å². The second-order valence-corrected chi connectivity index (χ2v) is 8.40. The zero-order valence-electron chi connectivity index (χ0n) is 13.5. The van der Waals surface area contributed by atoms with E-state index in [4.69, 9.17) is 23.2 Å². The van der Waals surface area contributed by atoms with Crippen LogP contribution in [0.25, 0.3) is 0 Å². The fourth-order valence-electron chi connectivity index (χ4n) is 4.69. The second kappa shape index (κ2) is 5.50. The molecule has 1 amide bonds. The van der Waals surface area contributed by atoms with Crippen LogP contribution in [-0.2, 0) is 16.6 Å². The third-order valence-corrected chi connectivity index (χ3v) is 6.04. The molecule has 1 saturated heterocycles. The Morgan fingerprint density at radius 1 is 1.08 bits per heavy atom. The van der Waals surface area contributed by atoms with Crippen molar-refractivity contribution in [3.05, 3.63) is 65.7 Å². The summed E-state index contributed by atoms with van der Waals surface area (Å²) in [4.78, 5) is 15.0. The zero-order chi connectivity index (χ0) is 16.9. The largest absolute Gasteiger partial charge is 0.311 e. The molecule has 0 aromatic heterocycles. The quantitative estimate of drug-likeness (QED) is 0.725. The first kappa shape index (κ1) is 16.0. The Hall–Kier alpha value is -1.51. The van der Waals surface area contributed by atoms with Gasteiger partial charge < -0.3 is 4.90 Å². The Labute approximate surface area is 152 Å². The highest BCUT2D eigenvalue weighted by Gasteiger charge is 2.66. The summed E-state index contributed by atoms with van der Waals surface area (Å²) >= 11 is 12.4. The van der Waals surface area contributed by atoms with E-state index in [0.29, 0.717) is 13.0 Å². The van der Waals surface area contributed by atoms with Gasteiger partial charge in [-0.1, -0.05) is 49.4 Å². The van der Waals surface area contributed by atoms with Gasteiger partial charge in [-0.25, -0.2) is 0 Å². The molecule has 1 heterocycles. The lowest BCUT2D eigenvalue weighted by atomic mass is 9.65. The highest BCUT2D eigenvalue weighted by Crippen LogP contribution is 2.60. The van der Waals surface area contributed by atoms with Gasteiger partial charge in [0.15, 0.2) is 0 Å². The summed E-state index contributed by atoms with van der Waals surface area (Å²) in [5.41, 5.74) is 2.44. The molecule has 0 unspecified atom stereocenters. The van der Waals surface area contributed by atoms with Crippen LogP contribution in [0.4, 0.5) is 5.69 Å². The van der Waals surface area contributed by atoms with Crippen molar-refractivity contribution >= 4 is 34.8 Å². The molecular formula is C20H19Cl2NO. The molecule has 124 valence electrons. The van der Waals surface area contributed by atoms with Crippen molar-refractivity contribution in [1.29, 1.82) is 0 Å². The average Bonchev–Trinajstić information content (AvgIpc) is 2.93. The molecule has 1 aliphatic heterocycles. The number of para-hydroxylation sites is 1. The van der Waals surface area contributed by atoms with E-state index < -0.39 is 10.3 Å². The number of carbonyl (C=O) groups is 1. The van der Waals surface area contributed by atoms with Gasteiger partial charge in [0.25, 0.3) is 0 Å². The summed E-state index contributed by atoms with van der Waals surface area (Å²) in [7, 11) is 0. The van der Waals surface area contributed by atoms with Crippen molar-refractivity contribution in [1.82, 2.24) is 0 Å². The maximum Gasteiger partial charge on any atom is 0.238 e. The minimum absolute atomic E-state index is 0.118. The first-order chi connectivity index (χ1) is 11.5. The molecule has 2 aliphatic rings. The molecule has 0 spiro atoms. The maximum absolute atomic E-state index is 13.6. The van der Waals surface area contributed by atoms with Crippen molar-refractivity contribution in [3.8, 4) is 0 Å². The van der Waals surface area contributed by atoms with Gasteiger partial charge in [-0.2, -0.15) is 0 Å². The summed E-state index contributed by atoms with van der Waals surface area (Å²) in [6, 6.07) is 18.1. The summed E-state index contributed by atoms with van der Waals surface area (Å²) in [6.07, 6.45) is 1.32. The normalized spacial score (nSPS) is 28.3. The van der Waals surface area contributed by atoms with Crippen LogP contribution in [0, 0.1) is 5.41 Å². The number of halogens is 2. The minimum Gasteiger partial charge on any atom is -0.311 e. The first-order valence-corrected chi connectivity index (χ1v) is 9.09. The smallest absolute Gasteiger partial charge is 0.238 e. The van der Waals surface area contributed by atoms with Crippen LogP contribution >= 0.6 is 23.2 Å². The number of amides is 1. The van der Waals surface area contributed by atoms with E-state index >= 15 is 0 Å². The highest BCUT2D eigenvalue weighted by atomic mass is 35.5. The molecule has 0 radical (unpaired) electrons. The second-order valence-electron chi connectivity index (χ2n) is 7.12. The molecule has 2 aromatic carbocycles. The zero-order valence-corrected chi connectivity index (χ0v) is 15.0. The van der Waals surface area contributed by atoms with Crippen molar-refractivity contribution in [2.75, 3.05) is 11.4 Å². The van der Waals surface area contributed by atoms with Crippen LogP contribution in [0.5, 0.6) is 0 Å². The minimum atomic E-state index is -0.645. The number of anilines is 1. The predicted molar refractivity (Wildman–Crippen MR) is 98.8 cm³/mol. The molecule has 2 aromatic rings. The molecule has 0 bridgehead atoms. The first-order valence-electron chi connectivity index (χ1n) is 8.21. The highest BCUT2D eigenvalue weighted by molar-refractivity contribution is 6.44. The Morgan fingerprint density at radius 3 is 2.46 bits per heavy atom. The Kier molecular flexibility index (Phi) is 3.67. The van der Waals surface area contributed by atoms with Gasteiger partial charge in [-0.15, -0.1) is 23.2 Å². The fraction of sp³-hybridized carbons (Fsp3) is 0.350. The van der Waals surface area contributed by atoms with Gasteiger partial charge in [0.05, 0.1) is 5.41 Å². The van der Waals surface area contributed by atoms with E-state index in [1.165, 1.54) is 5.56 Å². The fourth-order valence-corrected chi connectivity index (χ4v) is 5.16. The standard InChI is InChI=1S/C20H19Cl2NO/c1-19-11-14-7-5-6-10-16(14)20(19,12-17(21)22)18(24)23(13-19)15-8-3-2-4-9-15/h2-10,17H,11-13H2,1H3/t19-,20-/m1/s1. The van der Waals surface area contributed by atoms with Gasteiger partial charge in [0.1, 0.15) is 4.84 Å². The third kappa shape index (κ3) is 2.06. The number of rotatable bonds is 3. The van der Waals surface area contributed by atoms with Gasteiger partial charge in [-0.05, 0) is 36.1 Å². The average molecular weight is 360 g/mol. The van der Waals surface area contributed by atoms with Gasteiger partial charge in [-0.3, -0.25) is 4.79 Å². The molecule has 4 heteroatoms. The Bertz CT molecular complexity index is 791. The number of hydrogen-bond donors (Lipinski definition) is 0. The predicted octanol–water partition coefficient (Wildman–Crippen LogP) is 4.73. The van der Waals surface area contributed by atoms with Crippen molar-refractivity contribution < 1.29 is 4.79 Å². The summed E-state index contributed by atoms with van der Waals surface area (Å²) in [6.45, 7) is 2.88. The van der Waals surface area contributed by atoms with E-state index in [2.05, 4.69) is 19.1 Å². The maximum atomic E-state index is 13.6. The van der Waals surface area contributed by atoms with Crippen LogP contribution < -0.4 is 4.90 Å². The number of alkyl halides is 2. The van der Waals surface area contributed by atoms with Gasteiger partial charge >= 0.3 is 0 Å². The monoisotopic (exact) mass is 359 g/mol.